The van der Waals surface area contributed by atoms with Gasteiger partial charge in [0.25, 0.3) is 5.56 Å². The molecule has 0 bridgehead atoms. The third-order valence-corrected chi connectivity index (χ3v) is 5.66. The summed E-state index contributed by atoms with van der Waals surface area (Å²) in [5.41, 5.74) is 2.93. The molecule has 8 heteroatoms. The molecule has 0 aliphatic heterocycles. The molecule has 2 aromatic carbocycles. The van der Waals surface area contributed by atoms with Gasteiger partial charge in [-0.2, -0.15) is 10.1 Å². The minimum absolute atomic E-state index is 0.303. The van der Waals surface area contributed by atoms with E-state index in [0.29, 0.717) is 28.7 Å². The number of fused-ring (bicyclic) bond motifs is 1. The van der Waals surface area contributed by atoms with E-state index in [2.05, 4.69) is 15.0 Å². The number of halogens is 1. The predicted octanol–water partition coefficient (Wildman–Crippen LogP) is 4.00. The number of benzene rings is 2. The number of likely N-dealkylation sites (N-methyl/N-ethyl adjacent to an activating group) is 1. The van der Waals surface area contributed by atoms with Crippen molar-refractivity contribution in [1.82, 2.24) is 19.5 Å². The third-order valence-electron chi connectivity index (χ3n) is 4.59. The first-order chi connectivity index (χ1) is 14.5. The van der Waals surface area contributed by atoms with Crippen LogP contribution < -0.4 is 10.3 Å². The number of hydrogen-bond acceptors (Lipinski definition) is 6. The standard InChI is InChI=1S/C22H21ClN4O2S/c1-26(2)11-12-29-18-9-5-16(6-10-18)20-14-30-22-24-21(28)19(25-27(20)22)13-15-3-7-17(23)8-4-15/h3-10,14H,11-13H2,1-2H3. The normalized spacial score (nSPS) is 11.3. The van der Waals surface area contributed by atoms with E-state index in [-0.39, 0.29) is 5.56 Å². The maximum atomic E-state index is 12.4. The molecule has 6 nitrogen and oxygen atoms in total. The van der Waals surface area contributed by atoms with E-state index < -0.39 is 0 Å². The van der Waals surface area contributed by atoms with Crippen molar-refractivity contribution in [3.8, 4) is 17.0 Å². The van der Waals surface area contributed by atoms with Crippen molar-refractivity contribution < 1.29 is 4.74 Å². The Hall–Kier alpha value is -2.74. The van der Waals surface area contributed by atoms with Crippen LogP contribution in [0.2, 0.25) is 5.02 Å². The van der Waals surface area contributed by atoms with E-state index in [1.165, 1.54) is 11.3 Å². The van der Waals surface area contributed by atoms with E-state index in [0.717, 1.165) is 29.1 Å². The number of thiazole rings is 1. The Balaban J connectivity index is 1.60. The largest absolute Gasteiger partial charge is 0.492 e. The minimum Gasteiger partial charge on any atom is -0.492 e. The van der Waals surface area contributed by atoms with Crippen molar-refractivity contribution >= 4 is 27.9 Å². The first-order valence-electron chi connectivity index (χ1n) is 9.49. The maximum absolute atomic E-state index is 12.4. The van der Waals surface area contributed by atoms with Gasteiger partial charge in [0, 0.05) is 28.9 Å². The number of hydrogen-bond donors (Lipinski definition) is 0. The summed E-state index contributed by atoms with van der Waals surface area (Å²) in [6.07, 6.45) is 0.403. The Bertz CT molecular complexity index is 1200. The molecule has 0 atom stereocenters. The summed E-state index contributed by atoms with van der Waals surface area (Å²) in [6.45, 7) is 1.49. The van der Waals surface area contributed by atoms with Crippen LogP contribution in [0, 0.1) is 0 Å². The van der Waals surface area contributed by atoms with Crippen LogP contribution in [0.5, 0.6) is 5.75 Å². The Kier molecular flexibility index (Phi) is 6.13. The number of nitrogens with zero attached hydrogens (tertiary/aromatic N) is 4. The summed E-state index contributed by atoms with van der Waals surface area (Å²) < 4.78 is 7.50. The molecule has 0 aliphatic rings. The summed E-state index contributed by atoms with van der Waals surface area (Å²) in [5.74, 6) is 0.821. The molecule has 0 spiro atoms. The van der Waals surface area contributed by atoms with Crippen molar-refractivity contribution in [3.05, 3.63) is 80.5 Å². The fraction of sp³-hybridized carbons (Fsp3) is 0.227. The zero-order valence-electron chi connectivity index (χ0n) is 16.7. The number of ether oxygens (including phenoxy) is 1. The fourth-order valence-electron chi connectivity index (χ4n) is 2.96. The molecule has 4 rings (SSSR count). The van der Waals surface area contributed by atoms with Crippen LogP contribution >= 0.6 is 22.9 Å². The molecule has 2 aromatic heterocycles. The van der Waals surface area contributed by atoms with Gasteiger partial charge in [-0.15, -0.1) is 11.3 Å². The fourth-order valence-corrected chi connectivity index (χ4v) is 3.92. The average molecular weight is 441 g/mol. The summed E-state index contributed by atoms with van der Waals surface area (Å²) in [5, 5.41) is 7.22. The molecular formula is C22H21ClN4O2S. The van der Waals surface area contributed by atoms with E-state index in [4.69, 9.17) is 16.3 Å². The van der Waals surface area contributed by atoms with Crippen LogP contribution in [0.15, 0.2) is 58.7 Å². The lowest BCUT2D eigenvalue weighted by Crippen LogP contribution is -2.19. The van der Waals surface area contributed by atoms with Crippen molar-refractivity contribution in [2.75, 3.05) is 27.2 Å². The number of rotatable bonds is 7. The molecule has 2 heterocycles. The first-order valence-corrected chi connectivity index (χ1v) is 10.8. The van der Waals surface area contributed by atoms with Gasteiger partial charge in [0.2, 0.25) is 4.96 Å². The highest BCUT2D eigenvalue weighted by molar-refractivity contribution is 7.15. The number of aromatic nitrogens is 3. The monoisotopic (exact) mass is 440 g/mol. The average Bonchev–Trinajstić information content (AvgIpc) is 3.13. The van der Waals surface area contributed by atoms with Crippen LogP contribution in [0.1, 0.15) is 11.3 Å². The Labute approximate surface area is 183 Å². The molecule has 0 radical (unpaired) electrons. The minimum atomic E-state index is -0.303. The van der Waals surface area contributed by atoms with E-state index in [9.17, 15) is 4.79 Å². The quantitative estimate of drug-likeness (QED) is 0.434. The highest BCUT2D eigenvalue weighted by Gasteiger charge is 2.13. The van der Waals surface area contributed by atoms with Crippen LogP contribution in [-0.2, 0) is 6.42 Å². The molecule has 0 N–H and O–H groups in total. The van der Waals surface area contributed by atoms with Crippen LogP contribution in [0.25, 0.3) is 16.2 Å². The van der Waals surface area contributed by atoms with Crippen molar-refractivity contribution in [1.29, 1.82) is 0 Å². The van der Waals surface area contributed by atoms with Gasteiger partial charge in [-0.05, 0) is 56.1 Å². The van der Waals surface area contributed by atoms with Gasteiger partial charge >= 0.3 is 0 Å². The lowest BCUT2D eigenvalue weighted by atomic mass is 10.1. The van der Waals surface area contributed by atoms with Crippen LogP contribution in [-0.4, -0.2) is 46.7 Å². The lowest BCUT2D eigenvalue weighted by molar-refractivity contribution is 0.261. The molecule has 0 saturated carbocycles. The Morgan fingerprint density at radius 2 is 1.83 bits per heavy atom. The molecule has 0 fully saturated rings. The summed E-state index contributed by atoms with van der Waals surface area (Å²) in [7, 11) is 4.03. The zero-order chi connectivity index (χ0) is 21.1. The van der Waals surface area contributed by atoms with Gasteiger partial charge in [-0.3, -0.25) is 4.79 Å². The SMILES string of the molecule is CN(C)CCOc1ccc(-c2csc3nc(=O)c(Cc4ccc(Cl)cc4)nn23)cc1. The van der Waals surface area contributed by atoms with Crippen molar-refractivity contribution in [3.63, 3.8) is 0 Å². The molecule has 0 amide bonds. The molecule has 30 heavy (non-hydrogen) atoms. The highest BCUT2D eigenvalue weighted by Crippen LogP contribution is 2.26. The second kappa shape index (κ2) is 8.95. The van der Waals surface area contributed by atoms with Gasteiger partial charge in [0.15, 0.2) is 0 Å². The topological polar surface area (TPSA) is 59.7 Å². The maximum Gasteiger partial charge on any atom is 0.296 e. The predicted molar refractivity (Wildman–Crippen MR) is 121 cm³/mol. The Morgan fingerprint density at radius 1 is 1.10 bits per heavy atom. The molecule has 0 unspecified atom stereocenters. The van der Waals surface area contributed by atoms with E-state index >= 15 is 0 Å². The van der Waals surface area contributed by atoms with Crippen LogP contribution in [0.3, 0.4) is 0 Å². The van der Waals surface area contributed by atoms with Crippen molar-refractivity contribution in [2.45, 2.75) is 6.42 Å². The molecule has 0 aliphatic carbocycles. The Morgan fingerprint density at radius 3 is 2.53 bits per heavy atom. The van der Waals surface area contributed by atoms with E-state index in [1.807, 2.05) is 55.9 Å². The highest BCUT2D eigenvalue weighted by atomic mass is 35.5. The van der Waals surface area contributed by atoms with Gasteiger partial charge in [-0.1, -0.05) is 23.7 Å². The van der Waals surface area contributed by atoms with Crippen molar-refractivity contribution in [2.24, 2.45) is 0 Å². The second-order valence-electron chi connectivity index (χ2n) is 7.16. The smallest absolute Gasteiger partial charge is 0.296 e. The van der Waals surface area contributed by atoms with Crippen LogP contribution in [0.4, 0.5) is 0 Å². The van der Waals surface area contributed by atoms with E-state index in [1.54, 1.807) is 16.6 Å². The third kappa shape index (κ3) is 4.70. The van der Waals surface area contributed by atoms with Gasteiger partial charge in [0.1, 0.15) is 18.1 Å². The summed E-state index contributed by atoms with van der Waals surface area (Å²) in [4.78, 5) is 19.3. The molecule has 0 saturated heterocycles. The first kappa shape index (κ1) is 20.5. The van der Waals surface area contributed by atoms with Gasteiger partial charge < -0.3 is 9.64 Å². The second-order valence-corrected chi connectivity index (χ2v) is 8.43. The molecular weight excluding hydrogens is 420 g/mol. The zero-order valence-corrected chi connectivity index (χ0v) is 18.3. The molecule has 4 aromatic rings. The molecule has 154 valence electrons. The lowest BCUT2D eigenvalue weighted by Gasteiger charge is -2.11. The summed E-state index contributed by atoms with van der Waals surface area (Å²) in [6, 6.07) is 15.3. The summed E-state index contributed by atoms with van der Waals surface area (Å²) >= 11 is 7.34. The van der Waals surface area contributed by atoms with Gasteiger partial charge in [-0.25, -0.2) is 4.52 Å². The van der Waals surface area contributed by atoms with Gasteiger partial charge in [0.05, 0.1) is 5.69 Å².